The SMILES string of the molecule is Cc1cc(N)cc(C)c1S(=O)(=O)NC1CCS(=O)(=O)C1. The Morgan fingerprint density at radius 1 is 1.25 bits per heavy atom. The summed E-state index contributed by atoms with van der Waals surface area (Å²) in [6, 6.07) is 2.63. The number of hydrogen-bond donors (Lipinski definition) is 2. The van der Waals surface area contributed by atoms with Gasteiger partial charge in [-0.05, 0) is 43.5 Å². The summed E-state index contributed by atoms with van der Waals surface area (Å²) in [7, 11) is -6.87. The molecule has 1 aliphatic heterocycles. The fourth-order valence-electron chi connectivity index (χ4n) is 2.57. The summed E-state index contributed by atoms with van der Waals surface area (Å²) >= 11 is 0. The largest absolute Gasteiger partial charge is 0.399 e. The standard InChI is InChI=1S/C12H18N2O4S2/c1-8-5-10(13)6-9(2)12(8)20(17,18)14-11-3-4-19(15,16)7-11/h5-6,11,14H,3-4,7,13H2,1-2H3. The van der Waals surface area contributed by atoms with Crippen molar-refractivity contribution >= 4 is 25.5 Å². The van der Waals surface area contributed by atoms with E-state index in [1.54, 1.807) is 26.0 Å². The highest BCUT2D eigenvalue weighted by Crippen LogP contribution is 2.24. The molecule has 0 aliphatic carbocycles. The smallest absolute Gasteiger partial charge is 0.241 e. The molecule has 0 saturated carbocycles. The Hall–Kier alpha value is -1.12. The number of sulfone groups is 1. The van der Waals surface area contributed by atoms with Crippen molar-refractivity contribution in [2.45, 2.75) is 31.2 Å². The minimum absolute atomic E-state index is 0.0277. The van der Waals surface area contributed by atoms with Crippen LogP contribution in [-0.2, 0) is 19.9 Å². The van der Waals surface area contributed by atoms with E-state index in [-0.39, 0.29) is 16.4 Å². The molecule has 112 valence electrons. The second-order valence-corrected chi connectivity index (χ2v) is 9.08. The monoisotopic (exact) mass is 318 g/mol. The lowest BCUT2D eigenvalue weighted by molar-refractivity contribution is 0.561. The average molecular weight is 318 g/mol. The van der Waals surface area contributed by atoms with Crippen LogP contribution in [0.3, 0.4) is 0 Å². The zero-order valence-corrected chi connectivity index (χ0v) is 13.0. The van der Waals surface area contributed by atoms with Gasteiger partial charge >= 0.3 is 0 Å². The lowest BCUT2D eigenvalue weighted by Gasteiger charge is -2.15. The molecule has 0 aromatic heterocycles. The average Bonchev–Trinajstić information content (AvgIpc) is 2.54. The first-order chi connectivity index (χ1) is 9.11. The molecule has 3 N–H and O–H groups in total. The van der Waals surface area contributed by atoms with E-state index in [0.717, 1.165) is 0 Å². The van der Waals surface area contributed by atoms with Gasteiger partial charge in [0.25, 0.3) is 0 Å². The summed E-state index contributed by atoms with van der Waals surface area (Å²) in [6.07, 6.45) is 0.314. The molecule has 0 bridgehead atoms. The number of benzene rings is 1. The number of hydrogen-bond acceptors (Lipinski definition) is 5. The molecule has 1 heterocycles. The Balaban J connectivity index is 2.33. The van der Waals surface area contributed by atoms with Crippen LogP contribution in [0.2, 0.25) is 0 Å². The Bertz CT molecular complexity index is 716. The molecule has 0 amide bonds. The van der Waals surface area contributed by atoms with Gasteiger partial charge < -0.3 is 5.73 Å². The van der Waals surface area contributed by atoms with Gasteiger partial charge in [-0.1, -0.05) is 0 Å². The molecule has 2 rings (SSSR count). The molecule has 20 heavy (non-hydrogen) atoms. The van der Waals surface area contributed by atoms with Gasteiger partial charge in [0.2, 0.25) is 10.0 Å². The Morgan fingerprint density at radius 2 is 1.80 bits per heavy atom. The first kappa shape index (κ1) is 15.3. The van der Waals surface area contributed by atoms with Crippen molar-refractivity contribution in [2.24, 2.45) is 0 Å². The number of sulfonamides is 1. The summed E-state index contributed by atoms with van der Waals surface area (Å²) < 4.78 is 50.1. The van der Waals surface area contributed by atoms with Crippen LogP contribution < -0.4 is 10.5 Å². The van der Waals surface area contributed by atoms with E-state index in [4.69, 9.17) is 5.73 Å². The third-order valence-electron chi connectivity index (χ3n) is 3.31. The van der Waals surface area contributed by atoms with Gasteiger partial charge in [-0.3, -0.25) is 0 Å². The molecule has 6 nitrogen and oxygen atoms in total. The zero-order chi connectivity index (χ0) is 15.1. The van der Waals surface area contributed by atoms with Crippen molar-refractivity contribution in [3.05, 3.63) is 23.3 Å². The van der Waals surface area contributed by atoms with Crippen LogP contribution in [0.1, 0.15) is 17.5 Å². The molecule has 8 heteroatoms. The van der Waals surface area contributed by atoms with E-state index in [1.165, 1.54) is 0 Å². The molecule has 1 aliphatic rings. The third-order valence-corrected chi connectivity index (χ3v) is 6.90. The molecule has 1 aromatic rings. The fraction of sp³-hybridized carbons (Fsp3) is 0.500. The number of anilines is 1. The molecule has 1 atom stereocenters. The van der Waals surface area contributed by atoms with E-state index < -0.39 is 25.9 Å². The topological polar surface area (TPSA) is 106 Å². The van der Waals surface area contributed by atoms with Crippen LogP contribution in [0.15, 0.2) is 17.0 Å². The molecule has 1 fully saturated rings. The van der Waals surface area contributed by atoms with E-state index >= 15 is 0 Å². The van der Waals surface area contributed by atoms with E-state index in [1.807, 2.05) is 0 Å². The maximum Gasteiger partial charge on any atom is 0.241 e. The molecular weight excluding hydrogens is 300 g/mol. The summed E-state index contributed by atoms with van der Waals surface area (Å²) in [5.74, 6) is -0.112. The van der Waals surface area contributed by atoms with Crippen molar-refractivity contribution in [3.8, 4) is 0 Å². The molecular formula is C12H18N2O4S2. The summed E-state index contributed by atoms with van der Waals surface area (Å²) in [4.78, 5) is 0.177. The highest BCUT2D eigenvalue weighted by atomic mass is 32.2. The lowest BCUT2D eigenvalue weighted by Crippen LogP contribution is -2.36. The predicted molar refractivity (Wildman–Crippen MR) is 77.7 cm³/mol. The summed E-state index contributed by atoms with van der Waals surface area (Å²) in [6.45, 7) is 3.34. The molecule has 0 spiro atoms. The van der Waals surface area contributed by atoms with Crippen molar-refractivity contribution in [3.63, 3.8) is 0 Å². The lowest BCUT2D eigenvalue weighted by atomic mass is 10.1. The highest BCUT2D eigenvalue weighted by molar-refractivity contribution is 7.92. The first-order valence-corrected chi connectivity index (χ1v) is 9.51. The van der Waals surface area contributed by atoms with Gasteiger partial charge in [-0.25, -0.2) is 21.6 Å². The van der Waals surface area contributed by atoms with Crippen molar-refractivity contribution in [2.75, 3.05) is 17.2 Å². The van der Waals surface area contributed by atoms with Crippen LogP contribution >= 0.6 is 0 Å². The van der Waals surface area contributed by atoms with Crippen LogP contribution in [0.25, 0.3) is 0 Å². The summed E-state index contributed by atoms with van der Waals surface area (Å²) in [5, 5.41) is 0. The number of aryl methyl sites for hydroxylation is 2. The maximum absolute atomic E-state index is 12.4. The quantitative estimate of drug-likeness (QED) is 0.782. The van der Waals surface area contributed by atoms with Crippen LogP contribution in [-0.4, -0.2) is 34.4 Å². The number of nitrogen functional groups attached to an aromatic ring is 1. The second kappa shape index (κ2) is 5.01. The van der Waals surface area contributed by atoms with Gasteiger partial charge in [0.1, 0.15) is 0 Å². The van der Waals surface area contributed by atoms with E-state index in [0.29, 0.717) is 23.2 Å². The van der Waals surface area contributed by atoms with E-state index in [9.17, 15) is 16.8 Å². The van der Waals surface area contributed by atoms with Crippen LogP contribution in [0.5, 0.6) is 0 Å². The van der Waals surface area contributed by atoms with Gasteiger partial charge in [0, 0.05) is 11.7 Å². The number of nitrogens with one attached hydrogen (secondary N) is 1. The molecule has 0 radical (unpaired) electrons. The first-order valence-electron chi connectivity index (χ1n) is 6.20. The van der Waals surface area contributed by atoms with Crippen molar-refractivity contribution in [1.29, 1.82) is 0 Å². The Kier molecular flexibility index (Phi) is 3.83. The number of nitrogens with two attached hydrogens (primary N) is 1. The van der Waals surface area contributed by atoms with E-state index in [2.05, 4.69) is 4.72 Å². The van der Waals surface area contributed by atoms with Crippen LogP contribution in [0, 0.1) is 13.8 Å². The predicted octanol–water partition coefficient (Wildman–Crippen LogP) is 0.351. The van der Waals surface area contributed by atoms with Gasteiger partial charge in [0.05, 0.1) is 16.4 Å². The van der Waals surface area contributed by atoms with Gasteiger partial charge in [0.15, 0.2) is 9.84 Å². The van der Waals surface area contributed by atoms with Crippen molar-refractivity contribution in [1.82, 2.24) is 4.72 Å². The third kappa shape index (κ3) is 3.13. The van der Waals surface area contributed by atoms with Gasteiger partial charge in [-0.2, -0.15) is 0 Å². The second-order valence-electron chi connectivity index (χ2n) is 5.21. The van der Waals surface area contributed by atoms with Gasteiger partial charge in [-0.15, -0.1) is 0 Å². The highest BCUT2D eigenvalue weighted by Gasteiger charge is 2.32. The Labute approximate surface area is 119 Å². The Morgan fingerprint density at radius 3 is 2.25 bits per heavy atom. The maximum atomic E-state index is 12.4. The summed E-state index contributed by atoms with van der Waals surface area (Å²) in [5.41, 5.74) is 7.28. The molecule has 1 unspecified atom stereocenters. The number of rotatable bonds is 3. The minimum Gasteiger partial charge on any atom is -0.399 e. The van der Waals surface area contributed by atoms with Crippen molar-refractivity contribution < 1.29 is 16.8 Å². The van der Waals surface area contributed by atoms with Crippen LogP contribution in [0.4, 0.5) is 5.69 Å². The zero-order valence-electron chi connectivity index (χ0n) is 11.4. The minimum atomic E-state index is -3.74. The molecule has 1 aromatic carbocycles. The molecule has 1 saturated heterocycles. The fourth-order valence-corrected chi connectivity index (χ4v) is 6.08. The normalized spacial score (nSPS) is 22.0.